The number of carbonyl (C=O) groups is 3. The normalized spacial score (nSPS) is 17.5. The number of rotatable bonds is 6. The van der Waals surface area contributed by atoms with Crippen LogP contribution in [-0.2, 0) is 19.1 Å². The maximum Gasteiger partial charge on any atom is 0.319 e. The molecule has 0 fully saturated rings. The molecule has 35 heavy (non-hydrogen) atoms. The molecule has 1 heterocycles. The Morgan fingerprint density at radius 2 is 1.80 bits per heavy atom. The van der Waals surface area contributed by atoms with E-state index in [2.05, 4.69) is 16.7 Å². The fourth-order valence-corrected chi connectivity index (χ4v) is 4.90. The number of nitrogens with one attached hydrogen (secondary N) is 2. The Morgan fingerprint density at radius 3 is 2.49 bits per heavy atom. The highest BCUT2D eigenvalue weighted by Gasteiger charge is 2.44. The van der Waals surface area contributed by atoms with Gasteiger partial charge in [0.25, 0.3) is 0 Å². The van der Waals surface area contributed by atoms with Crippen LogP contribution in [0.15, 0.2) is 77.3 Å². The van der Waals surface area contributed by atoms with Crippen LogP contribution < -0.4 is 10.6 Å². The van der Waals surface area contributed by atoms with Crippen molar-refractivity contribution in [3.63, 3.8) is 0 Å². The molecule has 2 amide bonds. The predicted octanol–water partition coefficient (Wildman–Crippen LogP) is 4.26. The molecule has 176 valence electrons. The minimum atomic E-state index is -1.20. The molecule has 0 spiro atoms. The Kier molecular flexibility index (Phi) is 7.18. The monoisotopic (exact) mass is 485 g/mol. The Bertz CT molecular complexity index is 1380. The van der Waals surface area contributed by atoms with E-state index in [-0.39, 0.29) is 22.3 Å². The Balaban J connectivity index is 1.57. The van der Waals surface area contributed by atoms with Gasteiger partial charge in [0.1, 0.15) is 5.92 Å². The molecule has 2 N–H and O–H groups in total. The number of esters is 1. The van der Waals surface area contributed by atoms with Gasteiger partial charge in [-0.3, -0.25) is 14.4 Å². The lowest BCUT2D eigenvalue weighted by Crippen LogP contribution is -2.44. The van der Waals surface area contributed by atoms with Gasteiger partial charge in [0, 0.05) is 11.6 Å². The number of nitrogens with zero attached hydrogens (tertiary/aromatic N) is 1. The third-order valence-corrected chi connectivity index (χ3v) is 6.82. The smallest absolute Gasteiger partial charge is 0.319 e. The Hall–Kier alpha value is -4.09. The van der Waals surface area contributed by atoms with Crippen LogP contribution in [0, 0.1) is 24.2 Å². The van der Waals surface area contributed by atoms with E-state index in [9.17, 15) is 19.6 Å². The molecule has 0 unspecified atom stereocenters. The minimum absolute atomic E-state index is 0.0306. The Labute approximate surface area is 207 Å². The van der Waals surface area contributed by atoms with Crippen molar-refractivity contribution in [3.8, 4) is 6.07 Å². The van der Waals surface area contributed by atoms with Gasteiger partial charge in [0.15, 0.2) is 0 Å². The van der Waals surface area contributed by atoms with Crippen molar-refractivity contribution in [1.29, 1.82) is 5.26 Å². The fraction of sp³-hybridized carbons (Fsp3) is 0.185. The van der Waals surface area contributed by atoms with E-state index < -0.39 is 23.7 Å². The summed E-state index contributed by atoms with van der Waals surface area (Å²) in [5, 5.41) is 17.8. The van der Waals surface area contributed by atoms with Gasteiger partial charge in [0.2, 0.25) is 11.8 Å². The zero-order valence-corrected chi connectivity index (χ0v) is 20.0. The highest BCUT2D eigenvalue weighted by Crippen LogP contribution is 2.40. The summed E-state index contributed by atoms with van der Waals surface area (Å²) in [6.07, 6.45) is 0. The van der Waals surface area contributed by atoms with Crippen LogP contribution >= 0.6 is 11.8 Å². The number of nitriles is 1. The molecule has 4 rings (SSSR count). The van der Waals surface area contributed by atoms with Gasteiger partial charge >= 0.3 is 5.97 Å². The molecule has 3 aromatic carbocycles. The van der Waals surface area contributed by atoms with Crippen molar-refractivity contribution in [2.75, 3.05) is 18.2 Å². The summed E-state index contributed by atoms with van der Waals surface area (Å²) in [6, 6.07) is 22.9. The largest absolute Gasteiger partial charge is 0.468 e. The summed E-state index contributed by atoms with van der Waals surface area (Å²) in [5.74, 6) is -3.62. The number of aryl methyl sites for hydroxylation is 1. The molecule has 7 nitrogen and oxygen atoms in total. The van der Waals surface area contributed by atoms with E-state index in [4.69, 9.17) is 4.74 Å². The number of allylic oxidation sites excluding steroid dienone is 1. The van der Waals surface area contributed by atoms with Crippen molar-refractivity contribution in [1.82, 2.24) is 5.32 Å². The first-order valence-corrected chi connectivity index (χ1v) is 11.9. The van der Waals surface area contributed by atoms with Crippen LogP contribution in [0.25, 0.3) is 10.8 Å². The molecule has 0 saturated carbocycles. The van der Waals surface area contributed by atoms with Gasteiger partial charge < -0.3 is 15.4 Å². The second-order valence-corrected chi connectivity index (χ2v) is 9.12. The number of anilines is 1. The first-order valence-electron chi connectivity index (χ1n) is 10.9. The number of methoxy groups -OCH3 is 1. The highest BCUT2D eigenvalue weighted by molar-refractivity contribution is 8.03. The maximum atomic E-state index is 12.9. The minimum Gasteiger partial charge on any atom is -0.468 e. The first-order chi connectivity index (χ1) is 16.9. The molecular formula is C27H23N3O4S. The molecule has 0 aromatic heterocycles. The lowest BCUT2D eigenvalue weighted by molar-refractivity contribution is -0.150. The molecule has 1 aliphatic rings. The summed E-state index contributed by atoms with van der Waals surface area (Å²) in [7, 11) is 1.21. The van der Waals surface area contributed by atoms with Crippen LogP contribution in [-0.4, -0.2) is 30.6 Å². The van der Waals surface area contributed by atoms with E-state index in [1.165, 1.54) is 7.11 Å². The van der Waals surface area contributed by atoms with Gasteiger partial charge in [-0.25, -0.2) is 0 Å². The molecule has 0 bridgehead atoms. The molecular weight excluding hydrogens is 462 g/mol. The Morgan fingerprint density at radius 1 is 1.09 bits per heavy atom. The van der Waals surface area contributed by atoms with Crippen LogP contribution in [0.3, 0.4) is 0 Å². The van der Waals surface area contributed by atoms with Crippen LogP contribution in [0.2, 0.25) is 0 Å². The number of hydrogen-bond donors (Lipinski definition) is 2. The zero-order valence-electron chi connectivity index (χ0n) is 19.2. The molecule has 0 radical (unpaired) electrons. The van der Waals surface area contributed by atoms with Crippen molar-refractivity contribution < 1.29 is 19.1 Å². The molecule has 0 saturated heterocycles. The lowest BCUT2D eigenvalue weighted by atomic mass is 9.78. The molecule has 2 atom stereocenters. The summed E-state index contributed by atoms with van der Waals surface area (Å²) in [4.78, 5) is 38.0. The number of hydrogen-bond acceptors (Lipinski definition) is 6. The highest BCUT2D eigenvalue weighted by atomic mass is 32.2. The maximum absolute atomic E-state index is 12.9. The van der Waals surface area contributed by atoms with E-state index >= 15 is 0 Å². The van der Waals surface area contributed by atoms with Crippen LogP contribution in [0.4, 0.5) is 5.69 Å². The van der Waals surface area contributed by atoms with Gasteiger partial charge in [0.05, 0.1) is 29.5 Å². The predicted molar refractivity (Wildman–Crippen MR) is 135 cm³/mol. The van der Waals surface area contributed by atoms with E-state index in [0.717, 1.165) is 28.1 Å². The third kappa shape index (κ3) is 5.20. The number of benzene rings is 3. The summed E-state index contributed by atoms with van der Waals surface area (Å²) >= 11 is 1.05. The molecule has 3 aromatic rings. The van der Waals surface area contributed by atoms with Gasteiger partial charge in [-0.1, -0.05) is 71.9 Å². The van der Waals surface area contributed by atoms with Crippen molar-refractivity contribution in [3.05, 3.63) is 88.5 Å². The van der Waals surface area contributed by atoms with Gasteiger partial charge in [-0.05, 0) is 35.4 Å². The SMILES string of the molecule is COC(=O)[C@H]1C(=O)NC(SCC(=O)Nc2ccc3ccccc3c2)=C(C#N)[C@@H]1c1ccc(C)cc1. The zero-order chi connectivity index (χ0) is 24.9. The number of carbonyl (C=O) groups excluding carboxylic acids is 3. The van der Waals surface area contributed by atoms with Crippen molar-refractivity contribution in [2.45, 2.75) is 12.8 Å². The van der Waals surface area contributed by atoms with Crippen LogP contribution in [0.5, 0.6) is 0 Å². The summed E-state index contributed by atoms with van der Waals surface area (Å²) in [5.41, 5.74) is 2.52. The second kappa shape index (κ2) is 10.5. The molecule has 0 aliphatic carbocycles. The fourth-order valence-electron chi connectivity index (χ4n) is 4.06. The quantitative estimate of drug-likeness (QED) is 0.399. The van der Waals surface area contributed by atoms with Crippen molar-refractivity contribution >= 4 is 46.0 Å². The third-order valence-electron chi connectivity index (χ3n) is 5.80. The van der Waals surface area contributed by atoms with E-state index in [0.29, 0.717) is 11.3 Å². The number of thioether (sulfide) groups is 1. The molecule has 1 aliphatic heterocycles. The number of amides is 2. The average molecular weight is 486 g/mol. The van der Waals surface area contributed by atoms with Gasteiger partial charge in [-0.15, -0.1) is 0 Å². The number of ether oxygens (including phenoxy) is 1. The van der Waals surface area contributed by atoms with Crippen molar-refractivity contribution in [2.24, 2.45) is 5.92 Å². The topological polar surface area (TPSA) is 108 Å². The number of fused-ring (bicyclic) bond motifs is 1. The summed E-state index contributed by atoms with van der Waals surface area (Å²) in [6.45, 7) is 1.92. The average Bonchev–Trinajstić information content (AvgIpc) is 2.87. The standard InChI is InChI=1S/C27H23N3O4S/c1-16-7-9-18(10-8-16)23-21(14-28)26(30-25(32)24(23)27(33)34-2)35-15-22(31)29-20-12-11-17-5-3-4-6-19(17)13-20/h3-13,23-24H,15H2,1-2H3,(H,29,31)(H,30,32)/t23-,24+/m0/s1. The summed E-state index contributed by atoms with van der Waals surface area (Å²) < 4.78 is 4.86. The first kappa shape index (κ1) is 24.0. The van der Waals surface area contributed by atoms with Crippen LogP contribution in [0.1, 0.15) is 17.0 Å². The lowest BCUT2D eigenvalue weighted by Gasteiger charge is -2.31. The van der Waals surface area contributed by atoms with Gasteiger partial charge in [-0.2, -0.15) is 5.26 Å². The van der Waals surface area contributed by atoms with E-state index in [1.54, 1.807) is 12.1 Å². The molecule has 8 heteroatoms. The van der Waals surface area contributed by atoms with E-state index in [1.807, 2.05) is 61.5 Å². The second-order valence-electron chi connectivity index (χ2n) is 8.13.